The summed E-state index contributed by atoms with van der Waals surface area (Å²) in [4.78, 5) is 4.09. The molecule has 3 rings (SSSR count). The van der Waals surface area contributed by atoms with E-state index in [0.717, 1.165) is 11.1 Å². The van der Waals surface area contributed by atoms with Crippen LogP contribution < -0.4 is 0 Å². The Morgan fingerprint density at radius 3 is 2.75 bits per heavy atom. The van der Waals surface area contributed by atoms with Gasteiger partial charge < -0.3 is 4.42 Å². The Morgan fingerprint density at radius 2 is 2.00 bits per heavy atom. The maximum absolute atomic E-state index is 13.8. The zero-order valence-corrected chi connectivity index (χ0v) is 12.7. The number of alkyl halides is 1. The van der Waals surface area contributed by atoms with Crippen LogP contribution in [-0.2, 0) is 6.42 Å². The maximum Gasteiger partial charge on any atom is 0.196 e. The predicted octanol–water partition coefficient (Wildman–Crippen LogP) is 5.30. The van der Waals surface area contributed by atoms with Crippen LogP contribution in [0.3, 0.4) is 0 Å². The molecule has 0 amide bonds. The largest absolute Gasteiger partial charge is 0.441 e. The first-order chi connectivity index (χ1) is 9.65. The van der Waals surface area contributed by atoms with Gasteiger partial charge in [0.2, 0.25) is 0 Å². The summed E-state index contributed by atoms with van der Waals surface area (Å²) in [6.45, 7) is 0. The molecule has 0 spiro atoms. The summed E-state index contributed by atoms with van der Waals surface area (Å²) in [5, 5.41) is 0.392. The molecule has 0 aliphatic heterocycles. The van der Waals surface area contributed by atoms with Gasteiger partial charge in [0.05, 0.1) is 4.83 Å². The van der Waals surface area contributed by atoms with E-state index in [0.29, 0.717) is 22.9 Å². The van der Waals surface area contributed by atoms with Crippen molar-refractivity contribution in [2.45, 2.75) is 11.2 Å². The molecule has 1 unspecified atom stereocenters. The fourth-order valence-corrected chi connectivity index (χ4v) is 3.24. The Bertz CT molecular complexity index is 705. The van der Waals surface area contributed by atoms with E-state index < -0.39 is 0 Å². The third-order valence-electron chi connectivity index (χ3n) is 3.00. The molecule has 0 N–H and O–H groups in total. The van der Waals surface area contributed by atoms with Crippen LogP contribution in [0.2, 0.25) is 5.02 Å². The minimum atomic E-state index is -0.338. The molecule has 0 aliphatic rings. The average Bonchev–Trinajstić information content (AvgIpc) is 2.80. The average molecular weight is 355 g/mol. The zero-order chi connectivity index (χ0) is 14.1. The summed E-state index contributed by atoms with van der Waals surface area (Å²) >= 11 is 9.51. The SMILES string of the molecule is Fc1cccc(Cl)c1C(Br)Cc1nc2ccccc2o1. The van der Waals surface area contributed by atoms with Gasteiger partial charge in [-0.25, -0.2) is 9.37 Å². The summed E-state index contributed by atoms with van der Waals surface area (Å²) in [5.41, 5.74) is 1.94. The van der Waals surface area contributed by atoms with Crippen molar-refractivity contribution in [3.05, 3.63) is 64.8 Å². The molecule has 0 saturated carbocycles. The smallest absolute Gasteiger partial charge is 0.196 e. The van der Waals surface area contributed by atoms with Crippen LogP contribution in [0.25, 0.3) is 11.1 Å². The highest BCUT2D eigenvalue weighted by molar-refractivity contribution is 9.09. The van der Waals surface area contributed by atoms with Crippen LogP contribution in [-0.4, -0.2) is 4.98 Å². The van der Waals surface area contributed by atoms with Crippen molar-refractivity contribution in [2.24, 2.45) is 0 Å². The number of hydrogen-bond donors (Lipinski definition) is 0. The van der Waals surface area contributed by atoms with Gasteiger partial charge in [0.15, 0.2) is 11.5 Å². The molecule has 0 saturated heterocycles. The van der Waals surface area contributed by atoms with Gasteiger partial charge in [-0.3, -0.25) is 0 Å². The second kappa shape index (κ2) is 5.54. The third kappa shape index (κ3) is 2.58. The van der Waals surface area contributed by atoms with E-state index in [1.54, 1.807) is 12.1 Å². The lowest BCUT2D eigenvalue weighted by molar-refractivity contribution is 0.522. The minimum absolute atomic E-state index is 0.288. The summed E-state index contributed by atoms with van der Waals surface area (Å²) in [7, 11) is 0. The number of aromatic nitrogens is 1. The van der Waals surface area contributed by atoms with Crippen LogP contribution >= 0.6 is 27.5 Å². The molecule has 1 heterocycles. The number of hydrogen-bond acceptors (Lipinski definition) is 2. The van der Waals surface area contributed by atoms with Gasteiger partial charge in [0.25, 0.3) is 0 Å². The zero-order valence-electron chi connectivity index (χ0n) is 10.3. The lowest BCUT2D eigenvalue weighted by Gasteiger charge is -2.10. The molecular formula is C15H10BrClFNO. The van der Waals surface area contributed by atoms with E-state index in [2.05, 4.69) is 20.9 Å². The molecule has 1 atom stereocenters. The Balaban J connectivity index is 1.90. The van der Waals surface area contributed by atoms with Gasteiger partial charge in [0, 0.05) is 17.0 Å². The summed E-state index contributed by atoms with van der Waals surface area (Å²) in [6.07, 6.45) is 0.426. The molecule has 0 fully saturated rings. The number of halogens is 3. The van der Waals surface area contributed by atoms with Crippen LogP contribution in [0.5, 0.6) is 0 Å². The number of benzene rings is 2. The first-order valence-electron chi connectivity index (χ1n) is 6.07. The highest BCUT2D eigenvalue weighted by Gasteiger charge is 2.19. The topological polar surface area (TPSA) is 26.0 Å². The van der Waals surface area contributed by atoms with Crippen molar-refractivity contribution in [1.29, 1.82) is 0 Å². The van der Waals surface area contributed by atoms with Crippen molar-refractivity contribution < 1.29 is 8.81 Å². The molecule has 2 nitrogen and oxygen atoms in total. The van der Waals surface area contributed by atoms with Crippen molar-refractivity contribution in [3.8, 4) is 0 Å². The second-order valence-corrected chi connectivity index (χ2v) is 5.89. The van der Waals surface area contributed by atoms with Gasteiger partial charge in [0.1, 0.15) is 11.3 Å². The van der Waals surface area contributed by atoms with Crippen LogP contribution in [0.4, 0.5) is 4.39 Å². The fraction of sp³-hybridized carbons (Fsp3) is 0.133. The van der Waals surface area contributed by atoms with E-state index in [4.69, 9.17) is 16.0 Å². The van der Waals surface area contributed by atoms with Gasteiger partial charge in [-0.15, -0.1) is 0 Å². The Hall–Kier alpha value is -1.39. The summed E-state index contributed by atoms with van der Waals surface area (Å²) < 4.78 is 19.5. The van der Waals surface area contributed by atoms with E-state index in [9.17, 15) is 4.39 Å². The molecule has 2 aromatic carbocycles. The Labute approximate surface area is 128 Å². The molecule has 0 bridgehead atoms. The van der Waals surface area contributed by atoms with Gasteiger partial charge in [-0.2, -0.15) is 0 Å². The van der Waals surface area contributed by atoms with Crippen LogP contribution in [0, 0.1) is 5.82 Å². The van der Waals surface area contributed by atoms with Gasteiger partial charge in [-0.1, -0.05) is 45.7 Å². The van der Waals surface area contributed by atoms with E-state index in [1.807, 2.05) is 24.3 Å². The van der Waals surface area contributed by atoms with Crippen molar-refractivity contribution >= 4 is 38.6 Å². The highest BCUT2D eigenvalue weighted by atomic mass is 79.9. The Morgan fingerprint density at radius 1 is 1.20 bits per heavy atom. The summed E-state index contributed by atoms with van der Waals surface area (Å²) in [6, 6.07) is 12.2. The van der Waals surface area contributed by atoms with Gasteiger partial charge >= 0.3 is 0 Å². The number of para-hydroxylation sites is 2. The molecule has 20 heavy (non-hydrogen) atoms. The molecule has 102 valence electrons. The van der Waals surface area contributed by atoms with Crippen molar-refractivity contribution in [2.75, 3.05) is 0 Å². The number of rotatable bonds is 3. The van der Waals surface area contributed by atoms with E-state index >= 15 is 0 Å². The summed E-state index contributed by atoms with van der Waals surface area (Å²) in [5.74, 6) is 0.211. The molecule has 0 aliphatic carbocycles. The van der Waals surface area contributed by atoms with Crippen molar-refractivity contribution in [3.63, 3.8) is 0 Å². The van der Waals surface area contributed by atoms with Crippen LogP contribution in [0.1, 0.15) is 16.3 Å². The monoisotopic (exact) mass is 353 g/mol. The Kier molecular flexibility index (Phi) is 3.76. The van der Waals surface area contributed by atoms with Crippen molar-refractivity contribution in [1.82, 2.24) is 4.98 Å². The number of oxazole rings is 1. The second-order valence-electron chi connectivity index (χ2n) is 4.38. The molecular weight excluding hydrogens is 345 g/mol. The molecule has 3 aromatic rings. The normalized spacial score (nSPS) is 12.8. The van der Waals surface area contributed by atoms with E-state index in [1.165, 1.54) is 6.07 Å². The lowest BCUT2D eigenvalue weighted by Crippen LogP contribution is -2.00. The standard InChI is InChI=1S/C15H10BrClFNO/c16-9(15-10(17)4-3-5-11(15)18)8-14-19-12-6-1-2-7-13(12)20-14/h1-7,9H,8H2. The predicted molar refractivity (Wildman–Crippen MR) is 80.8 cm³/mol. The maximum atomic E-state index is 13.8. The lowest BCUT2D eigenvalue weighted by atomic mass is 10.1. The molecule has 5 heteroatoms. The molecule has 0 radical (unpaired) electrons. The fourth-order valence-electron chi connectivity index (χ4n) is 2.07. The highest BCUT2D eigenvalue weighted by Crippen LogP contribution is 2.34. The first-order valence-corrected chi connectivity index (χ1v) is 7.37. The molecule has 1 aromatic heterocycles. The third-order valence-corrected chi connectivity index (χ3v) is 4.12. The van der Waals surface area contributed by atoms with Gasteiger partial charge in [-0.05, 0) is 24.3 Å². The number of nitrogens with zero attached hydrogens (tertiary/aromatic N) is 1. The first kappa shape index (κ1) is 13.6. The van der Waals surface area contributed by atoms with E-state index in [-0.39, 0.29) is 10.6 Å². The quantitative estimate of drug-likeness (QED) is 0.597. The minimum Gasteiger partial charge on any atom is -0.441 e. The van der Waals surface area contributed by atoms with Crippen LogP contribution in [0.15, 0.2) is 46.9 Å². The number of fused-ring (bicyclic) bond motifs is 1.